The normalized spacial score (nSPS) is 14.0. The van der Waals surface area contributed by atoms with E-state index in [-0.39, 0.29) is 11.7 Å². The highest BCUT2D eigenvalue weighted by atomic mass is 35.5. The van der Waals surface area contributed by atoms with Crippen LogP contribution in [-0.2, 0) is 13.0 Å². The molecule has 3 heterocycles. The molecule has 0 atom stereocenters. The Labute approximate surface area is 155 Å². The van der Waals surface area contributed by atoms with Crippen LogP contribution in [0.2, 0.25) is 5.02 Å². The summed E-state index contributed by atoms with van der Waals surface area (Å²) in [5, 5.41) is 4.89. The lowest BCUT2D eigenvalue weighted by molar-refractivity contribution is 0.0735. The zero-order valence-electron chi connectivity index (χ0n) is 14.8. The second-order valence-electron chi connectivity index (χ2n) is 6.74. The van der Waals surface area contributed by atoms with Crippen LogP contribution >= 0.6 is 11.6 Å². The van der Waals surface area contributed by atoms with E-state index in [1.54, 1.807) is 9.42 Å². The van der Waals surface area contributed by atoms with Gasteiger partial charge in [-0.25, -0.2) is 13.9 Å². The van der Waals surface area contributed by atoms with Crippen molar-refractivity contribution in [3.05, 3.63) is 62.8 Å². The van der Waals surface area contributed by atoms with Gasteiger partial charge in [-0.15, -0.1) is 0 Å². The zero-order chi connectivity index (χ0) is 18.6. The molecule has 5 nitrogen and oxygen atoms in total. The van der Waals surface area contributed by atoms with E-state index in [2.05, 4.69) is 10.1 Å². The predicted molar refractivity (Wildman–Crippen MR) is 97.1 cm³/mol. The molecule has 134 valence electrons. The second-order valence-corrected chi connectivity index (χ2v) is 7.14. The Hall–Kier alpha value is -2.47. The zero-order valence-corrected chi connectivity index (χ0v) is 15.6. The van der Waals surface area contributed by atoms with Gasteiger partial charge in [-0.2, -0.15) is 5.10 Å². The third-order valence-corrected chi connectivity index (χ3v) is 5.15. The number of carbonyl (C=O) groups excluding carboxylic acids is 1. The van der Waals surface area contributed by atoms with Crippen molar-refractivity contribution in [3.8, 4) is 0 Å². The van der Waals surface area contributed by atoms with Crippen LogP contribution in [0.1, 0.15) is 38.6 Å². The van der Waals surface area contributed by atoms with E-state index < -0.39 is 0 Å². The van der Waals surface area contributed by atoms with Gasteiger partial charge in [0.25, 0.3) is 5.91 Å². The SMILES string of the molecule is Cc1cc(C)n2nc(C)c(C(=O)N3CCc4c(Cl)cc(F)cc4C3)c2n1. The van der Waals surface area contributed by atoms with Crippen LogP contribution in [0.3, 0.4) is 0 Å². The Balaban J connectivity index is 1.75. The summed E-state index contributed by atoms with van der Waals surface area (Å²) >= 11 is 6.15. The lowest BCUT2D eigenvalue weighted by atomic mass is 9.99. The topological polar surface area (TPSA) is 50.5 Å². The summed E-state index contributed by atoms with van der Waals surface area (Å²) in [6, 6.07) is 4.70. The minimum atomic E-state index is -0.386. The standard InChI is InChI=1S/C19H18ClFN4O/c1-10-6-11(2)25-18(22-10)17(12(3)23-25)19(26)24-5-4-15-13(9-24)7-14(21)8-16(15)20/h6-8H,4-5,9H2,1-3H3. The molecule has 1 aliphatic rings. The van der Waals surface area contributed by atoms with E-state index in [9.17, 15) is 9.18 Å². The molecule has 7 heteroatoms. The molecule has 2 aromatic heterocycles. The Bertz CT molecular complexity index is 1060. The summed E-state index contributed by atoms with van der Waals surface area (Å²) in [4.78, 5) is 19.4. The Morgan fingerprint density at radius 2 is 2.00 bits per heavy atom. The molecule has 4 rings (SSSR count). The van der Waals surface area contributed by atoms with Crippen molar-refractivity contribution in [2.75, 3.05) is 6.54 Å². The Morgan fingerprint density at radius 1 is 1.23 bits per heavy atom. The smallest absolute Gasteiger partial charge is 0.259 e. The van der Waals surface area contributed by atoms with Crippen molar-refractivity contribution < 1.29 is 9.18 Å². The maximum Gasteiger partial charge on any atom is 0.259 e. The number of amides is 1. The summed E-state index contributed by atoms with van der Waals surface area (Å²) < 4.78 is 15.4. The molecule has 1 aliphatic heterocycles. The first-order valence-corrected chi connectivity index (χ1v) is 8.82. The molecule has 3 aromatic rings. The number of halogens is 2. The Kier molecular flexibility index (Phi) is 3.95. The van der Waals surface area contributed by atoms with Crippen LogP contribution in [0.25, 0.3) is 5.65 Å². The number of aromatic nitrogens is 3. The third kappa shape index (κ3) is 2.65. The van der Waals surface area contributed by atoms with E-state index >= 15 is 0 Å². The second kappa shape index (κ2) is 6.06. The molecule has 26 heavy (non-hydrogen) atoms. The molecule has 0 aliphatic carbocycles. The van der Waals surface area contributed by atoms with Gasteiger partial charge in [0.15, 0.2) is 5.65 Å². The van der Waals surface area contributed by atoms with Gasteiger partial charge in [0.1, 0.15) is 11.4 Å². The number of nitrogens with zero attached hydrogens (tertiary/aromatic N) is 4. The fraction of sp³-hybridized carbons (Fsp3) is 0.316. The molecule has 1 amide bonds. The van der Waals surface area contributed by atoms with Gasteiger partial charge >= 0.3 is 0 Å². The van der Waals surface area contributed by atoms with Crippen molar-refractivity contribution in [3.63, 3.8) is 0 Å². The van der Waals surface area contributed by atoms with Crippen LogP contribution in [0, 0.1) is 26.6 Å². The number of benzene rings is 1. The van der Waals surface area contributed by atoms with Gasteiger partial charge in [-0.05, 0) is 56.5 Å². The average Bonchev–Trinajstić information content (AvgIpc) is 2.90. The van der Waals surface area contributed by atoms with Gasteiger partial charge < -0.3 is 4.90 Å². The molecule has 0 spiro atoms. The lowest BCUT2D eigenvalue weighted by Gasteiger charge is -2.29. The van der Waals surface area contributed by atoms with Crippen LogP contribution in [0.15, 0.2) is 18.2 Å². The van der Waals surface area contributed by atoms with Crippen molar-refractivity contribution in [2.45, 2.75) is 33.7 Å². The van der Waals surface area contributed by atoms with Crippen LogP contribution < -0.4 is 0 Å². The molecule has 0 bridgehead atoms. The molecule has 0 fully saturated rings. The summed E-state index contributed by atoms with van der Waals surface area (Å²) in [5.41, 5.74) is 5.13. The van der Waals surface area contributed by atoms with E-state index in [0.29, 0.717) is 41.4 Å². The minimum absolute atomic E-state index is 0.138. The third-order valence-electron chi connectivity index (χ3n) is 4.82. The maximum absolute atomic E-state index is 13.7. The van der Waals surface area contributed by atoms with Gasteiger partial charge in [0.05, 0.1) is 5.69 Å². The first-order valence-electron chi connectivity index (χ1n) is 8.45. The van der Waals surface area contributed by atoms with E-state index in [0.717, 1.165) is 22.5 Å². The van der Waals surface area contributed by atoms with Crippen molar-refractivity contribution in [1.29, 1.82) is 0 Å². The highest BCUT2D eigenvalue weighted by molar-refractivity contribution is 6.31. The highest BCUT2D eigenvalue weighted by Gasteiger charge is 2.28. The fourth-order valence-electron chi connectivity index (χ4n) is 3.62. The summed E-state index contributed by atoms with van der Waals surface area (Å²) in [5.74, 6) is -0.524. The minimum Gasteiger partial charge on any atom is -0.334 e. The first kappa shape index (κ1) is 17.0. The summed E-state index contributed by atoms with van der Waals surface area (Å²) in [6.07, 6.45) is 0.601. The quantitative estimate of drug-likeness (QED) is 0.655. The van der Waals surface area contributed by atoms with Gasteiger partial charge in [0, 0.05) is 29.5 Å². The van der Waals surface area contributed by atoms with E-state index in [4.69, 9.17) is 11.6 Å². The van der Waals surface area contributed by atoms with Gasteiger partial charge in [-0.3, -0.25) is 4.79 Å². The van der Waals surface area contributed by atoms with Crippen LogP contribution in [-0.4, -0.2) is 31.9 Å². The first-order chi connectivity index (χ1) is 12.3. The van der Waals surface area contributed by atoms with Gasteiger partial charge in [0.2, 0.25) is 0 Å². The Morgan fingerprint density at radius 3 is 2.77 bits per heavy atom. The largest absolute Gasteiger partial charge is 0.334 e. The fourth-order valence-corrected chi connectivity index (χ4v) is 3.94. The van der Waals surface area contributed by atoms with Crippen LogP contribution in [0.5, 0.6) is 0 Å². The van der Waals surface area contributed by atoms with Gasteiger partial charge in [-0.1, -0.05) is 11.6 Å². The van der Waals surface area contributed by atoms with Crippen molar-refractivity contribution in [1.82, 2.24) is 19.5 Å². The number of rotatable bonds is 1. The van der Waals surface area contributed by atoms with Crippen molar-refractivity contribution in [2.24, 2.45) is 0 Å². The molecular formula is C19H18ClFN4O. The van der Waals surface area contributed by atoms with Crippen molar-refractivity contribution >= 4 is 23.2 Å². The number of carbonyl (C=O) groups is 1. The molecule has 1 aromatic carbocycles. The number of aryl methyl sites for hydroxylation is 3. The van der Waals surface area contributed by atoms with E-state index in [1.807, 2.05) is 26.8 Å². The maximum atomic E-state index is 13.7. The molecule has 0 radical (unpaired) electrons. The highest BCUT2D eigenvalue weighted by Crippen LogP contribution is 2.29. The lowest BCUT2D eigenvalue weighted by Crippen LogP contribution is -2.36. The molecule has 0 unspecified atom stereocenters. The predicted octanol–water partition coefficient (Wildman–Crippen LogP) is 3.65. The summed E-state index contributed by atoms with van der Waals surface area (Å²) in [6.45, 7) is 6.49. The molecule has 0 saturated carbocycles. The van der Waals surface area contributed by atoms with Crippen LogP contribution in [0.4, 0.5) is 4.39 Å². The monoisotopic (exact) mass is 372 g/mol. The molecule has 0 saturated heterocycles. The number of fused-ring (bicyclic) bond motifs is 2. The van der Waals surface area contributed by atoms with E-state index in [1.165, 1.54) is 12.1 Å². The molecular weight excluding hydrogens is 355 g/mol. The number of hydrogen-bond donors (Lipinski definition) is 0. The molecule has 0 N–H and O–H groups in total. The average molecular weight is 373 g/mol. The number of hydrogen-bond acceptors (Lipinski definition) is 3. The summed E-state index contributed by atoms with van der Waals surface area (Å²) in [7, 11) is 0.